The van der Waals surface area contributed by atoms with Crippen molar-refractivity contribution in [3.05, 3.63) is 78.5 Å². The van der Waals surface area contributed by atoms with E-state index in [0.29, 0.717) is 33.6 Å². The van der Waals surface area contributed by atoms with Gasteiger partial charge in [0.05, 0.1) is 34.3 Å². The van der Waals surface area contributed by atoms with E-state index in [2.05, 4.69) is 35.0 Å². The minimum atomic E-state index is -0.495. The normalized spacial score (nSPS) is 14.4. The molecular weight excluding hydrogens is 498 g/mol. The van der Waals surface area contributed by atoms with Crippen molar-refractivity contribution in [2.24, 2.45) is 0 Å². The summed E-state index contributed by atoms with van der Waals surface area (Å²) in [7, 11) is 0. The molecule has 194 valence electrons. The van der Waals surface area contributed by atoms with Gasteiger partial charge in [-0.25, -0.2) is 13.8 Å². The van der Waals surface area contributed by atoms with Gasteiger partial charge in [-0.3, -0.25) is 25.0 Å². The first-order chi connectivity index (χ1) is 19.1. The highest BCUT2D eigenvalue weighted by Gasteiger charge is 2.22. The number of pyridine rings is 3. The van der Waals surface area contributed by atoms with Crippen LogP contribution in [0.4, 0.5) is 8.78 Å². The van der Waals surface area contributed by atoms with Crippen molar-refractivity contribution in [3.8, 4) is 33.9 Å². The SMILES string of the molecule is Fc1ccc(-c2cncc3[nH]c(-c4n[nH]c5cnc(-c6cncc(CN7CCCCC7)c6)c(F)c45)nc23)cc1. The van der Waals surface area contributed by atoms with Crippen LogP contribution in [0, 0.1) is 11.6 Å². The van der Waals surface area contributed by atoms with Crippen LogP contribution in [0.1, 0.15) is 24.8 Å². The quantitative estimate of drug-likeness (QED) is 0.293. The molecule has 8 nitrogen and oxygen atoms in total. The number of nitrogens with one attached hydrogen (secondary N) is 2. The van der Waals surface area contributed by atoms with Crippen molar-refractivity contribution in [2.75, 3.05) is 13.1 Å². The number of rotatable bonds is 5. The molecule has 1 aliphatic heterocycles. The Bertz CT molecular complexity index is 1800. The summed E-state index contributed by atoms with van der Waals surface area (Å²) < 4.78 is 29.6. The largest absolute Gasteiger partial charge is 0.335 e. The molecule has 1 aliphatic rings. The van der Waals surface area contributed by atoms with Gasteiger partial charge < -0.3 is 4.98 Å². The average Bonchev–Trinajstić information content (AvgIpc) is 3.59. The fourth-order valence-corrected chi connectivity index (χ4v) is 5.31. The minimum absolute atomic E-state index is 0.211. The maximum atomic E-state index is 16.1. The Labute approximate surface area is 222 Å². The van der Waals surface area contributed by atoms with E-state index in [0.717, 1.165) is 36.3 Å². The lowest BCUT2D eigenvalue weighted by atomic mass is 10.1. The van der Waals surface area contributed by atoms with Crippen LogP contribution in [-0.4, -0.2) is 53.1 Å². The molecule has 1 fully saturated rings. The summed E-state index contributed by atoms with van der Waals surface area (Å²) in [5, 5.41) is 7.54. The fraction of sp³-hybridized carbons (Fsp3) is 0.207. The van der Waals surface area contributed by atoms with E-state index in [1.807, 2.05) is 12.3 Å². The van der Waals surface area contributed by atoms with Gasteiger partial charge in [-0.05, 0) is 55.3 Å². The van der Waals surface area contributed by atoms with Crippen molar-refractivity contribution in [2.45, 2.75) is 25.8 Å². The zero-order valence-electron chi connectivity index (χ0n) is 21.0. The maximum Gasteiger partial charge on any atom is 0.161 e. The number of hydrogen-bond donors (Lipinski definition) is 2. The second-order valence-electron chi connectivity index (χ2n) is 9.88. The van der Waals surface area contributed by atoms with E-state index in [9.17, 15) is 4.39 Å². The van der Waals surface area contributed by atoms with Crippen molar-refractivity contribution >= 4 is 21.9 Å². The van der Waals surface area contributed by atoms with E-state index >= 15 is 4.39 Å². The Hall–Kier alpha value is -4.57. The summed E-state index contributed by atoms with van der Waals surface area (Å²) in [5.74, 6) is -0.428. The van der Waals surface area contributed by atoms with Crippen LogP contribution in [0.5, 0.6) is 0 Å². The van der Waals surface area contributed by atoms with Gasteiger partial charge in [-0.2, -0.15) is 5.10 Å². The number of H-pyrrole nitrogens is 2. The lowest BCUT2D eigenvalue weighted by molar-refractivity contribution is 0.220. The number of fused-ring (bicyclic) bond motifs is 2. The first-order valence-corrected chi connectivity index (χ1v) is 12.9. The van der Waals surface area contributed by atoms with E-state index < -0.39 is 5.82 Å². The number of benzene rings is 1. The Balaban J connectivity index is 1.29. The van der Waals surface area contributed by atoms with Gasteiger partial charge in [0, 0.05) is 36.3 Å². The summed E-state index contributed by atoms with van der Waals surface area (Å²) in [6.45, 7) is 2.92. The maximum absolute atomic E-state index is 16.1. The first kappa shape index (κ1) is 23.5. The van der Waals surface area contributed by atoms with Crippen LogP contribution < -0.4 is 0 Å². The number of likely N-dealkylation sites (tertiary alicyclic amines) is 1. The third-order valence-electron chi connectivity index (χ3n) is 7.24. The lowest BCUT2D eigenvalue weighted by Gasteiger charge is -2.26. The molecule has 5 aromatic heterocycles. The number of piperidine rings is 1. The molecule has 39 heavy (non-hydrogen) atoms. The summed E-state index contributed by atoms with van der Waals surface area (Å²) in [6, 6.07) is 8.09. The number of imidazole rings is 1. The van der Waals surface area contributed by atoms with Gasteiger partial charge in [0.15, 0.2) is 11.6 Å². The molecule has 0 unspecified atom stereocenters. The van der Waals surface area contributed by atoms with E-state index in [-0.39, 0.29) is 16.9 Å². The van der Waals surface area contributed by atoms with Gasteiger partial charge in [0.1, 0.15) is 17.2 Å². The Kier molecular flexibility index (Phi) is 5.81. The highest BCUT2D eigenvalue weighted by atomic mass is 19.1. The van der Waals surface area contributed by atoms with Gasteiger partial charge in [-0.15, -0.1) is 0 Å². The van der Waals surface area contributed by atoms with Crippen LogP contribution in [0.25, 0.3) is 55.8 Å². The predicted octanol–water partition coefficient (Wildman–Crippen LogP) is 5.89. The summed E-state index contributed by atoms with van der Waals surface area (Å²) in [6.07, 6.45) is 12.0. The molecule has 0 spiro atoms. The van der Waals surface area contributed by atoms with Crippen LogP contribution in [0.15, 0.2) is 61.3 Å². The highest BCUT2D eigenvalue weighted by Crippen LogP contribution is 2.34. The first-order valence-electron chi connectivity index (χ1n) is 12.9. The van der Waals surface area contributed by atoms with Gasteiger partial charge in [-0.1, -0.05) is 18.6 Å². The van der Waals surface area contributed by atoms with Crippen LogP contribution >= 0.6 is 0 Å². The molecule has 0 radical (unpaired) electrons. The van der Waals surface area contributed by atoms with Gasteiger partial charge in [0.25, 0.3) is 0 Å². The Morgan fingerprint density at radius 1 is 0.821 bits per heavy atom. The zero-order valence-corrected chi connectivity index (χ0v) is 21.0. The average molecular weight is 523 g/mol. The van der Waals surface area contributed by atoms with Crippen LogP contribution in [0.2, 0.25) is 0 Å². The lowest BCUT2D eigenvalue weighted by Crippen LogP contribution is -2.29. The van der Waals surface area contributed by atoms with Crippen molar-refractivity contribution < 1.29 is 8.78 Å². The zero-order chi connectivity index (χ0) is 26.3. The number of halogens is 2. The Morgan fingerprint density at radius 3 is 2.49 bits per heavy atom. The molecule has 1 aromatic carbocycles. The molecule has 0 aliphatic carbocycles. The molecule has 7 rings (SSSR count). The van der Waals surface area contributed by atoms with Gasteiger partial charge in [0.2, 0.25) is 0 Å². The molecule has 2 N–H and O–H groups in total. The van der Waals surface area contributed by atoms with Crippen molar-refractivity contribution in [1.82, 2.24) is 40.0 Å². The molecule has 6 aromatic rings. The van der Waals surface area contributed by atoms with Crippen molar-refractivity contribution in [1.29, 1.82) is 0 Å². The highest BCUT2D eigenvalue weighted by molar-refractivity contribution is 5.97. The fourth-order valence-electron chi connectivity index (χ4n) is 5.31. The standard InChI is InChI=1S/C29H24F2N8/c30-20-6-4-18(5-7-20)21-13-33-14-23-27(21)36-29(35-23)28-24-22(37-38-28)15-34-26(25(24)31)19-10-17(11-32-12-19)16-39-8-2-1-3-9-39/h4-7,10-15H,1-3,8-9,16H2,(H,35,36)(H,37,38). The number of aromatic nitrogens is 7. The smallest absolute Gasteiger partial charge is 0.161 e. The predicted molar refractivity (Wildman–Crippen MR) is 144 cm³/mol. The van der Waals surface area contributed by atoms with Gasteiger partial charge >= 0.3 is 0 Å². The van der Waals surface area contributed by atoms with E-state index in [1.165, 1.54) is 31.4 Å². The van der Waals surface area contributed by atoms with Crippen LogP contribution in [-0.2, 0) is 6.54 Å². The van der Waals surface area contributed by atoms with E-state index in [1.54, 1.807) is 36.9 Å². The molecule has 0 atom stereocenters. The third-order valence-corrected chi connectivity index (χ3v) is 7.24. The second kappa shape index (κ2) is 9.63. The number of nitrogens with zero attached hydrogens (tertiary/aromatic N) is 6. The summed E-state index contributed by atoms with van der Waals surface area (Å²) in [5.41, 5.74) is 5.45. The Morgan fingerprint density at radius 2 is 1.64 bits per heavy atom. The monoisotopic (exact) mass is 522 g/mol. The number of aromatic amines is 2. The molecule has 10 heteroatoms. The number of hydrogen-bond acceptors (Lipinski definition) is 6. The topological polar surface area (TPSA) is 99.3 Å². The summed E-state index contributed by atoms with van der Waals surface area (Å²) >= 11 is 0. The third kappa shape index (κ3) is 4.32. The molecular formula is C29H24F2N8. The molecule has 1 saturated heterocycles. The molecule has 0 saturated carbocycles. The molecule has 6 heterocycles. The molecule has 0 amide bonds. The van der Waals surface area contributed by atoms with Crippen molar-refractivity contribution in [3.63, 3.8) is 0 Å². The minimum Gasteiger partial charge on any atom is -0.335 e. The molecule has 0 bridgehead atoms. The summed E-state index contributed by atoms with van der Waals surface area (Å²) in [4.78, 5) is 23.5. The van der Waals surface area contributed by atoms with E-state index in [4.69, 9.17) is 4.98 Å². The van der Waals surface area contributed by atoms with Crippen LogP contribution in [0.3, 0.4) is 0 Å². The second-order valence-corrected chi connectivity index (χ2v) is 9.88.